The Balaban J connectivity index is 1.48. The van der Waals surface area contributed by atoms with Crippen LogP contribution in [0.4, 0.5) is 0 Å². The topological polar surface area (TPSA) is 17.0 Å². The lowest BCUT2D eigenvalue weighted by Crippen LogP contribution is -2.33. The van der Waals surface area contributed by atoms with Gasteiger partial charge in [-0.2, -0.15) is 0 Å². The van der Waals surface area contributed by atoms with Crippen LogP contribution in [0.5, 0.6) is 0 Å². The second-order valence-corrected chi connectivity index (χ2v) is 7.14. The highest BCUT2D eigenvalue weighted by Gasteiger charge is 2.25. The maximum absolute atomic E-state index is 3.79. The maximum Gasteiger partial charge on any atom is 0.0480 e. The van der Waals surface area contributed by atoms with E-state index in [0.717, 1.165) is 6.54 Å². The number of fused-ring (bicyclic) bond motifs is 1. The zero-order valence-corrected chi connectivity index (χ0v) is 14.4. The molecule has 0 aliphatic heterocycles. The molecule has 4 rings (SSSR count). The molecule has 2 atom stereocenters. The van der Waals surface area contributed by atoms with E-state index in [-0.39, 0.29) is 0 Å². The summed E-state index contributed by atoms with van der Waals surface area (Å²) in [5, 5.41) is 5.22. The average Bonchev–Trinajstić information content (AvgIpc) is 2.98. The van der Waals surface area contributed by atoms with Crippen LogP contribution in [0.2, 0.25) is 0 Å². The molecule has 1 aromatic heterocycles. The van der Waals surface area contributed by atoms with Crippen molar-refractivity contribution in [3.05, 3.63) is 71.9 Å². The van der Waals surface area contributed by atoms with Crippen LogP contribution in [0, 0.1) is 0 Å². The van der Waals surface area contributed by atoms with Crippen molar-refractivity contribution in [1.82, 2.24) is 9.88 Å². The highest BCUT2D eigenvalue weighted by molar-refractivity contribution is 5.84. The lowest BCUT2D eigenvalue weighted by molar-refractivity contribution is 0.339. The molecule has 0 saturated heterocycles. The van der Waals surface area contributed by atoms with Gasteiger partial charge >= 0.3 is 0 Å². The summed E-state index contributed by atoms with van der Waals surface area (Å²) in [4.78, 5) is 0. The Morgan fingerprint density at radius 2 is 1.79 bits per heavy atom. The van der Waals surface area contributed by atoms with Crippen molar-refractivity contribution in [2.75, 3.05) is 0 Å². The summed E-state index contributed by atoms with van der Waals surface area (Å²) >= 11 is 0. The third-order valence-corrected chi connectivity index (χ3v) is 5.48. The third kappa shape index (κ3) is 3.11. The zero-order chi connectivity index (χ0) is 16.4. The van der Waals surface area contributed by atoms with Gasteiger partial charge in [0, 0.05) is 36.7 Å². The van der Waals surface area contributed by atoms with E-state index < -0.39 is 0 Å². The normalized spacial score (nSPS) is 21.2. The first-order valence-corrected chi connectivity index (χ1v) is 9.12. The summed E-state index contributed by atoms with van der Waals surface area (Å²) in [5.41, 5.74) is 4.27. The van der Waals surface area contributed by atoms with Gasteiger partial charge in [-0.15, -0.1) is 0 Å². The van der Waals surface area contributed by atoms with E-state index in [1.807, 2.05) is 0 Å². The number of aryl methyl sites for hydroxylation is 1. The Labute approximate surface area is 144 Å². The van der Waals surface area contributed by atoms with Crippen LogP contribution in [0.25, 0.3) is 10.9 Å². The molecule has 1 fully saturated rings. The van der Waals surface area contributed by atoms with Crippen LogP contribution in [0.3, 0.4) is 0 Å². The van der Waals surface area contributed by atoms with Crippen molar-refractivity contribution in [1.29, 1.82) is 0 Å². The highest BCUT2D eigenvalue weighted by atomic mass is 14.9. The Morgan fingerprint density at radius 3 is 2.67 bits per heavy atom. The fourth-order valence-corrected chi connectivity index (χ4v) is 4.21. The van der Waals surface area contributed by atoms with Gasteiger partial charge in [0.1, 0.15) is 0 Å². The SMILES string of the molecule is Cn1cc(C2CCCC(NCc3ccccc3)C2)c2ccccc21. The van der Waals surface area contributed by atoms with Gasteiger partial charge in [0.25, 0.3) is 0 Å². The molecule has 24 heavy (non-hydrogen) atoms. The molecule has 1 aliphatic rings. The van der Waals surface area contributed by atoms with Crippen LogP contribution in [-0.2, 0) is 13.6 Å². The first kappa shape index (κ1) is 15.5. The molecule has 0 amide bonds. The summed E-state index contributed by atoms with van der Waals surface area (Å²) in [7, 11) is 2.17. The van der Waals surface area contributed by atoms with Crippen molar-refractivity contribution in [3.8, 4) is 0 Å². The van der Waals surface area contributed by atoms with Crippen LogP contribution < -0.4 is 5.32 Å². The Morgan fingerprint density at radius 1 is 1.00 bits per heavy atom. The average molecular weight is 318 g/mol. The van der Waals surface area contributed by atoms with Crippen molar-refractivity contribution in [2.24, 2.45) is 7.05 Å². The second kappa shape index (κ2) is 6.82. The predicted octanol–water partition coefficient (Wildman–Crippen LogP) is 4.99. The Bertz CT molecular complexity index is 803. The fraction of sp³-hybridized carbons (Fsp3) is 0.364. The lowest BCUT2D eigenvalue weighted by Gasteiger charge is -2.30. The largest absolute Gasteiger partial charge is 0.350 e. The monoisotopic (exact) mass is 318 g/mol. The van der Waals surface area contributed by atoms with Crippen molar-refractivity contribution < 1.29 is 0 Å². The fourth-order valence-electron chi connectivity index (χ4n) is 4.21. The summed E-state index contributed by atoms with van der Waals surface area (Å²) in [6.45, 7) is 0.980. The molecular weight excluding hydrogens is 292 g/mol. The van der Waals surface area contributed by atoms with E-state index in [1.165, 1.54) is 42.1 Å². The van der Waals surface area contributed by atoms with Gasteiger partial charge in [0.05, 0.1) is 0 Å². The van der Waals surface area contributed by atoms with Gasteiger partial charge in [-0.05, 0) is 42.4 Å². The quantitative estimate of drug-likeness (QED) is 0.717. The summed E-state index contributed by atoms with van der Waals surface area (Å²) in [6.07, 6.45) is 7.54. The smallest absolute Gasteiger partial charge is 0.0480 e. The van der Waals surface area contributed by atoms with Crippen LogP contribution in [-0.4, -0.2) is 10.6 Å². The molecule has 1 heterocycles. The molecule has 0 radical (unpaired) electrons. The van der Waals surface area contributed by atoms with Gasteiger partial charge in [0.15, 0.2) is 0 Å². The zero-order valence-electron chi connectivity index (χ0n) is 14.4. The van der Waals surface area contributed by atoms with Gasteiger partial charge < -0.3 is 9.88 Å². The molecule has 2 heteroatoms. The van der Waals surface area contributed by atoms with E-state index in [1.54, 1.807) is 5.56 Å². The van der Waals surface area contributed by atoms with Gasteiger partial charge in [-0.3, -0.25) is 0 Å². The van der Waals surface area contributed by atoms with Crippen LogP contribution >= 0.6 is 0 Å². The first-order chi connectivity index (χ1) is 11.8. The summed E-state index contributed by atoms with van der Waals surface area (Å²) < 4.78 is 2.28. The third-order valence-electron chi connectivity index (χ3n) is 5.48. The molecule has 124 valence electrons. The molecule has 1 saturated carbocycles. The van der Waals surface area contributed by atoms with Crippen molar-refractivity contribution in [3.63, 3.8) is 0 Å². The summed E-state index contributed by atoms with van der Waals surface area (Å²) in [5.74, 6) is 0.679. The predicted molar refractivity (Wildman–Crippen MR) is 101 cm³/mol. The number of nitrogens with zero attached hydrogens (tertiary/aromatic N) is 1. The van der Waals surface area contributed by atoms with E-state index in [0.29, 0.717) is 12.0 Å². The van der Waals surface area contributed by atoms with Crippen LogP contribution in [0.1, 0.15) is 42.7 Å². The number of benzene rings is 2. The molecule has 1 N–H and O–H groups in total. The Hall–Kier alpha value is -2.06. The Kier molecular flexibility index (Phi) is 4.40. The minimum Gasteiger partial charge on any atom is -0.350 e. The molecule has 2 aromatic carbocycles. The highest BCUT2D eigenvalue weighted by Crippen LogP contribution is 2.37. The molecule has 0 spiro atoms. The molecule has 3 aromatic rings. The van der Waals surface area contributed by atoms with Gasteiger partial charge in [-0.25, -0.2) is 0 Å². The van der Waals surface area contributed by atoms with Crippen molar-refractivity contribution >= 4 is 10.9 Å². The van der Waals surface area contributed by atoms with E-state index in [9.17, 15) is 0 Å². The molecule has 2 nitrogen and oxygen atoms in total. The second-order valence-electron chi connectivity index (χ2n) is 7.14. The van der Waals surface area contributed by atoms with Crippen molar-refractivity contribution in [2.45, 2.75) is 44.2 Å². The first-order valence-electron chi connectivity index (χ1n) is 9.12. The minimum atomic E-state index is 0.628. The minimum absolute atomic E-state index is 0.628. The van der Waals surface area contributed by atoms with E-state index >= 15 is 0 Å². The number of hydrogen-bond donors (Lipinski definition) is 1. The number of para-hydroxylation sites is 1. The lowest BCUT2D eigenvalue weighted by atomic mass is 9.81. The standard InChI is InChI=1S/C22H26N2/c1-24-16-21(20-12-5-6-13-22(20)24)18-10-7-11-19(14-18)23-15-17-8-3-2-4-9-17/h2-6,8-9,12-13,16,18-19,23H,7,10-11,14-15H2,1H3. The molecular formula is C22H26N2. The number of aromatic nitrogens is 1. The molecule has 0 bridgehead atoms. The molecule has 1 aliphatic carbocycles. The van der Waals surface area contributed by atoms with Gasteiger partial charge in [0.2, 0.25) is 0 Å². The van der Waals surface area contributed by atoms with Gasteiger partial charge in [-0.1, -0.05) is 55.0 Å². The summed E-state index contributed by atoms with van der Waals surface area (Å²) in [6, 6.07) is 20.2. The number of hydrogen-bond acceptors (Lipinski definition) is 1. The van der Waals surface area contributed by atoms with E-state index in [4.69, 9.17) is 0 Å². The maximum atomic E-state index is 3.79. The number of rotatable bonds is 4. The van der Waals surface area contributed by atoms with Crippen LogP contribution in [0.15, 0.2) is 60.8 Å². The number of nitrogens with one attached hydrogen (secondary N) is 1. The van der Waals surface area contributed by atoms with E-state index in [2.05, 4.69) is 77.7 Å². The molecule has 2 unspecified atom stereocenters.